The minimum atomic E-state index is -0.782. The number of carbonyl (C=O) groups excluding carboxylic acids is 3. The summed E-state index contributed by atoms with van der Waals surface area (Å²) in [7, 11) is 0. The lowest BCUT2D eigenvalue weighted by molar-refractivity contribution is -0.167. The molecule has 0 aliphatic heterocycles. The van der Waals surface area contributed by atoms with Gasteiger partial charge in [-0.05, 0) is 83.5 Å². The number of esters is 3. The Labute approximate surface area is 448 Å². The molecule has 6 heteroatoms. The molecule has 0 N–H and O–H groups in total. The van der Waals surface area contributed by atoms with E-state index in [9.17, 15) is 14.4 Å². The van der Waals surface area contributed by atoms with Crippen LogP contribution in [0.2, 0.25) is 0 Å². The maximum Gasteiger partial charge on any atom is 0.306 e. The summed E-state index contributed by atoms with van der Waals surface area (Å²) in [5.41, 5.74) is 0. The molecule has 1 unspecified atom stereocenters. The second kappa shape index (κ2) is 60.9. The molecule has 0 aliphatic rings. The highest BCUT2D eigenvalue weighted by Crippen LogP contribution is 2.17. The topological polar surface area (TPSA) is 78.9 Å². The van der Waals surface area contributed by atoms with Gasteiger partial charge in [-0.1, -0.05) is 281 Å². The number of carbonyl (C=O) groups is 3. The number of unbranched alkanes of at least 4 members (excludes halogenated alkanes) is 39. The normalized spacial score (nSPS) is 12.3. The van der Waals surface area contributed by atoms with Crippen molar-refractivity contribution in [3.63, 3.8) is 0 Å². The number of hydrogen-bond donors (Lipinski definition) is 0. The van der Waals surface area contributed by atoms with Gasteiger partial charge in [0.15, 0.2) is 6.10 Å². The summed E-state index contributed by atoms with van der Waals surface area (Å²) in [5.74, 6) is -0.880. The van der Waals surface area contributed by atoms with Crippen LogP contribution in [0.5, 0.6) is 0 Å². The molecule has 420 valence electrons. The summed E-state index contributed by atoms with van der Waals surface area (Å²) in [6, 6.07) is 0. The van der Waals surface area contributed by atoms with Crippen LogP contribution >= 0.6 is 0 Å². The van der Waals surface area contributed by atoms with E-state index in [1.54, 1.807) is 0 Å². The molecule has 0 aromatic rings. The fourth-order valence-corrected chi connectivity index (χ4v) is 9.27. The van der Waals surface area contributed by atoms with E-state index in [1.165, 1.54) is 205 Å². The Morgan fingerprint density at radius 2 is 0.500 bits per heavy atom. The van der Waals surface area contributed by atoms with Crippen LogP contribution in [-0.4, -0.2) is 37.2 Å². The van der Waals surface area contributed by atoms with Crippen LogP contribution in [-0.2, 0) is 28.6 Å². The molecule has 0 saturated carbocycles. The van der Waals surface area contributed by atoms with Gasteiger partial charge in [-0.3, -0.25) is 14.4 Å². The molecule has 0 heterocycles. The first-order valence-electron chi connectivity index (χ1n) is 31.6. The molecule has 0 spiro atoms. The lowest BCUT2D eigenvalue weighted by atomic mass is 10.0. The molecule has 0 bridgehead atoms. The Morgan fingerprint density at radius 1 is 0.278 bits per heavy atom. The minimum absolute atomic E-state index is 0.0777. The highest BCUT2D eigenvalue weighted by molar-refractivity contribution is 5.71. The predicted molar refractivity (Wildman–Crippen MR) is 312 cm³/mol. The zero-order valence-electron chi connectivity index (χ0n) is 48.2. The lowest BCUT2D eigenvalue weighted by Crippen LogP contribution is -2.30. The van der Waals surface area contributed by atoms with Gasteiger partial charge in [0.05, 0.1) is 0 Å². The molecule has 0 aromatic carbocycles. The molecule has 0 amide bonds. The molecule has 0 saturated heterocycles. The van der Waals surface area contributed by atoms with Crippen molar-refractivity contribution in [2.24, 2.45) is 0 Å². The number of ether oxygens (including phenoxy) is 3. The summed E-state index contributed by atoms with van der Waals surface area (Å²) in [6.45, 7) is 6.64. The second-order valence-corrected chi connectivity index (χ2v) is 21.3. The highest BCUT2D eigenvalue weighted by atomic mass is 16.6. The van der Waals surface area contributed by atoms with Gasteiger partial charge in [0, 0.05) is 19.3 Å². The summed E-state index contributed by atoms with van der Waals surface area (Å²) in [6.07, 6.45) is 75.4. The monoisotopic (exact) mass is 1010 g/mol. The van der Waals surface area contributed by atoms with Crippen molar-refractivity contribution in [3.05, 3.63) is 48.6 Å². The zero-order chi connectivity index (χ0) is 52.2. The number of allylic oxidation sites excluding steroid dienone is 8. The smallest absolute Gasteiger partial charge is 0.306 e. The Hall–Kier alpha value is -2.63. The maximum absolute atomic E-state index is 12.9. The van der Waals surface area contributed by atoms with Crippen LogP contribution in [0.25, 0.3) is 0 Å². The fraction of sp³-hybridized carbons (Fsp3) is 0.833. The van der Waals surface area contributed by atoms with Crippen molar-refractivity contribution in [1.82, 2.24) is 0 Å². The predicted octanol–water partition coefficient (Wildman–Crippen LogP) is 21.4. The first-order valence-corrected chi connectivity index (χ1v) is 31.6. The molecule has 6 nitrogen and oxygen atoms in total. The molecule has 0 rings (SSSR count). The van der Waals surface area contributed by atoms with Crippen LogP contribution in [0.15, 0.2) is 48.6 Å². The van der Waals surface area contributed by atoms with Gasteiger partial charge in [-0.15, -0.1) is 0 Å². The molecule has 0 aliphatic carbocycles. The molecular weight excluding hydrogens is 889 g/mol. The van der Waals surface area contributed by atoms with Crippen LogP contribution in [0.1, 0.15) is 335 Å². The first kappa shape index (κ1) is 69.4. The van der Waals surface area contributed by atoms with E-state index < -0.39 is 6.10 Å². The standard InChI is InChI=1S/C66H120O6/c1-4-7-10-13-16-19-22-25-28-30-32-33-35-36-38-41-44-47-50-53-56-59-65(68)71-62-63(61-70-64(67)58-55-52-49-46-43-40-27-24-21-18-15-12-9-6-3)72-66(69)60-57-54-51-48-45-42-39-37-34-31-29-26-23-20-17-14-11-8-5-2/h17,20,24,26-27,29,34,37,63H,4-16,18-19,21-23,25,28,30-33,35-36,38-62H2,1-3H3/b20-17-,27-24-,29-26-,37-34-. The quantitative estimate of drug-likeness (QED) is 0.0261. The van der Waals surface area contributed by atoms with E-state index >= 15 is 0 Å². The maximum atomic E-state index is 12.9. The second-order valence-electron chi connectivity index (χ2n) is 21.3. The van der Waals surface area contributed by atoms with Gasteiger partial charge in [0.1, 0.15) is 13.2 Å². The van der Waals surface area contributed by atoms with E-state index in [0.29, 0.717) is 19.3 Å². The van der Waals surface area contributed by atoms with E-state index in [0.717, 1.165) is 89.9 Å². The van der Waals surface area contributed by atoms with Crippen molar-refractivity contribution in [2.75, 3.05) is 13.2 Å². The van der Waals surface area contributed by atoms with Crippen molar-refractivity contribution in [1.29, 1.82) is 0 Å². The van der Waals surface area contributed by atoms with Gasteiger partial charge in [-0.2, -0.15) is 0 Å². The third-order valence-electron chi connectivity index (χ3n) is 14.1. The third-order valence-corrected chi connectivity index (χ3v) is 14.1. The van der Waals surface area contributed by atoms with E-state index in [2.05, 4.69) is 69.4 Å². The molecular formula is C66H120O6. The lowest BCUT2D eigenvalue weighted by Gasteiger charge is -2.18. The Bertz CT molecular complexity index is 1250. The third kappa shape index (κ3) is 58.3. The first-order chi connectivity index (χ1) is 35.5. The number of hydrogen-bond acceptors (Lipinski definition) is 6. The van der Waals surface area contributed by atoms with Crippen LogP contribution in [0.3, 0.4) is 0 Å². The van der Waals surface area contributed by atoms with Gasteiger partial charge in [0.25, 0.3) is 0 Å². The average Bonchev–Trinajstić information content (AvgIpc) is 3.38. The molecule has 0 radical (unpaired) electrons. The highest BCUT2D eigenvalue weighted by Gasteiger charge is 2.19. The fourth-order valence-electron chi connectivity index (χ4n) is 9.27. The minimum Gasteiger partial charge on any atom is -0.462 e. The Balaban J connectivity index is 4.34. The zero-order valence-corrected chi connectivity index (χ0v) is 48.2. The summed E-state index contributed by atoms with van der Waals surface area (Å²) < 4.78 is 16.9. The molecule has 0 aromatic heterocycles. The van der Waals surface area contributed by atoms with Gasteiger partial charge >= 0.3 is 17.9 Å². The average molecular weight is 1010 g/mol. The largest absolute Gasteiger partial charge is 0.462 e. The SMILES string of the molecule is CCCCC/C=C\C/C=C\C/C=C\CCCCCCCCC(=O)OC(COC(=O)CCCCCCC/C=C\CCCCCCC)COC(=O)CCCCCCCCCCCCCCCCCCCCCCC. The van der Waals surface area contributed by atoms with Crippen molar-refractivity contribution >= 4 is 17.9 Å². The van der Waals surface area contributed by atoms with E-state index in [1.807, 2.05) is 0 Å². The van der Waals surface area contributed by atoms with Crippen molar-refractivity contribution in [3.8, 4) is 0 Å². The van der Waals surface area contributed by atoms with E-state index in [-0.39, 0.29) is 31.1 Å². The summed E-state index contributed by atoms with van der Waals surface area (Å²) >= 11 is 0. The molecule has 1 atom stereocenters. The van der Waals surface area contributed by atoms with Crippen molar-refractivity contribution in [2.45, 2.75) is 341 Å². The Morgan fingerprint density at radius 3 is 0.819 bits per heavy atom. The van der Waals surface area contributed by atoms with E-state index in [4.69, 9.17) is 14.2 Å². The molecule has 72 heavy (non-hydrogen) atoms. The summed E-state index contributed by atoms with van der Waals surface area (Å²) in [5, 5.41) is 0. The van der Waals surface area contributed by atoms with Gasteiger partial charge < -0.3 is 14.2 Å². The van der Waals surface area contributed by atoms with Crippen LogP contribution < -0.4 is 0 Å². The summed E-state index contributed by atoms with van der Waals surface area (Å²) in [4.78, 5) is 38.3. The van der Waals surface area contributed by atoms with Gasteiger partial charge in [-0.25, -0.2) is 0 Å². The van der Waals surface area contributed by atoms with Gasteiger partial charge in [0.2, 0.25) is 0 Å². The molecule has 0 fully saturated rings. The van der Waals surface area contributed by atoms with Crippen molar-refractivity contribution < 1.29 is 28.6 Å². The number of rotatable bonds is 58. The van der Waals surface area contributed by atoms with Crippen LogP contribution in [0.4, 0.5) is 0 Å². The van der Waals surface area contributed by atoms with Crippen LogP contribution in [0, 0.1) is 0 Å². The Kier molecular flexibility index (Phi) is 58.7.